The molecule has 2 aromatic rings. The van der Waals surface area contributed by atoms with Crippen molar-refractivity contribution in [1.82, 2.24) is 9.97 Å². The van der Waals surface area contributed by atoms with Crippen LogP contribution < -0.4 is 5.56 Å². The Kier molecular flexibility index (Phi) is 3.33. The first-order valence-corrected chi connectivity index (χ1v) is 5.09. The summed E-state index contributed by atoms with van der Waals surface area (Å²) in [5.74, 6) is 0. The molecule has 96 valence electrons. The number of hydrogen-bond acceptors (Lipinski definition) is 3. The molecule has 0 saturated heterocycles. The summed E-state index contributed by atoms with van der Waals surface area (Å²) in [5, 5.41) is 8.91. The van der Waals surface area contributed by atoms with Gasteiger partial charge in [0.1, 0.15) is 5.69 Å². The van der Waals surface area contributed by atoms with Crippen molar-refractivity contribution in [3.8, 4) is 0 Å². The third-order valence-corrected chi connectivity index (χ3v) is 2.45. The Balaban J connectivity index is 2.59. The van der Waals surface area contributed by atoms with Crippen molar-refractivity contribution in [2.24, 2.45) is 0 Å². The van der Waals surface area contributed by atoms with Gasteiger partial charge in [-0.25, -0.2) is 18.2 Å². The van der Waals surface area contributed by atoms with Crippen LogP contribution in [0.3, 0.4) is 0 Å². The third-order valence-electron chi connectivity index (χ3n) is 2.45. The van der Waals surface area contributed by atoms with E-state index in [9.17, 15) is 18.0 Å². The molecule has 18 heavy (non-hydrogen) atoms. The Morgan fingerprint density at radius 1 is 1.33 bits per heavy atom. The second-order valence-corrected chi connectivity index (χ2v) is 3.70. The third kappa shape index (κ3) is 2.21. The van der Waals surface area contributed by atoms with Gasteiger partial charge in [-0.2, -0.15) is 0 Å². The summed E-state index contributed by atoms with van der Waals surface area (Å²) in [6.07, 6.45) is -6.01. The van der Waals surface area contributed by atoms with E-state index in [0.717, 1.165) is 0 Å². The maximum atomic E-state index is 13.1. The van der Waals surface area contributed by atoms with Gasteiger partial charge in [0.25, 0.3) is 12.0 Å². The van der Waals surface area contributed by atoms with Gasteiger partial charge >= 0.3 is 0 Å². The van der Waals surface area contributed by atoms with Gasteiger partial charge in [-0.1, -0.05) is 6.07 Å². The Hall–Kier alpha value is -1.89. The van der Waals surface area contributed by atoms with E-state index in [2.05, 4.69) is 9.97 Å². The lowest BCUT2D eigenvalue weighted by atomic mass is 10.2. The molecule has 0 bridgehead atoms. The van der Waals surface area contributed by atoms with E-state index >= 15 is 0 Å². The van der Waals surface area contributed by atoms with Crippen molar-refractivity contribution in [3.05, 3.63) is 39.8 Å². The number of fused-ring (bicyclic) bond motifs is 1. The van der Waals surface area contributed by atoms with Crippen LogP contribution in [-0.4, -0.2) is 21.5 Å². The van der Waals surface area contributed by atoms with Gasteiger partial charge in [-0.15, -0.1) is 0 Å². The largest absolute Gasteiger partial charge is 0.392 e. The Morgan fingerprint density at radius 2 is 2.06 bits per heavy atom. The Bertz CT molecular complexity index is 627. The van der Waals surface area contributed by atoms with Crippen LogP contribution in [0, 0.1) is 0 Å². The van der Waals surface area contributed by atoms with Crippen LogP contribution in [0.25, 0.3) is 11.0 Å². The molecule has 0 aliphatic heterocycles. The lowest BCUT2D eigenvalue weighted by Crippen LogP contribution is -2.20. The summed E-state index contributed by atoms with van der Waals surface area (Å²) in [6.45, 7) is -0.234. The zero-order valence-corrected chi connectivity index (χ0v) is 9.03. The molecule has 0 saturated carbocycles. The summed E-state index contributed by atoms with van der Waals surface area (Å²) in [5.41, 5.74) is -0.861. The molecule has 0 fully saturated rings. The average Bonchev–Trinajstić information content (AvgIpc) is 2.36. The number of aromatic nitrogens is 2. The van der Waals surface area contributed by atoms with E-state index in [0.29, 0.717) is 5.56 Å². The number of benzene rings is 1. The molecule has 0 aliphatic rings. The average molecular weight is 258 g/mol. The molecule has 0 radical (unpaired) electrons. The smallest absolute Gasteiger partial charge is 0.275 e. The first kappa shape index (κ1) is 12.6. The normalized spacial score (nSPS) is 13.2. The molecule has 1 aromatic carbocycles. The highest BCUT2D eigenvalue weighted by molar-refractivity contribution is 5.74. The van der Waals surface area contributed by atoms with E-state index in [1.807, 2.05) is 0 Å². The standard InChI is InChI=1S/C11H9F3N2O2/c12-8(10(13)14)9-11(18)16-7-3-5(4-17)1-2-6(7)15-9/h1-3,8,10,17H,4H2,(H,16,18). The number of aliphatic hydroxyl groups is 1. The monoisotopic (exact) mass is 258 g/mol. The SMILES string of the molecule is O=c1[nH]c2cc(CO)ccc2nc1C(F)C(F)F. The minimum atomic E-state index is -3.30. The summed E-state index contributed by atoms with van der Waals surface area (Å²) in [6, 6.07) is 4.37. The van der Waals surface area contributed by atoms with E-state index in [4.69, 9.17) is 5.11 Å². The number of aliphatic hydroxyl groups excluding tert-OH is 1. The number of hydrogen-bond donors (Lipinski definition) is 2. The van der Waals surface area contributed by atoms with E-state index in [1.54, 1.807) is 0 Å². The van der Waals surface area contributed by atoms with Crippen LogP contribution in [0.2, 0.25) is 0 Å². The van der Waals surface area contributed by atoms with Gasteiger partial charge in [0.2, 0.25) is 6.17 Å². The van der Waals surface area contributed by atoms with Gasteiger partial charge in [0.05, 0.1) is 17.6 Å². The van der Waals surface area contributed by atoms with Crippen LogP contribution >= 0.6 is 0 Å². The fourth-order valence-corrected chi connectivity index (χ4v) is 1.55. The summed E-state index contributed by atoms with van der Waals surface area (Å²) < 4.78 is 37.5. The minimum Gasteiger partial charge on any atom is -0.392 e. The van der Waals surface area contributed by atoms with Crippen molar-refractivity contribution < 1.29 is 18.3 Å². The zero-order valence-electron chi connectivity index (χ0n) is 9.03. The van der Waals surface area contributed by atoms with Crippen molar-refractivity contribution >= 4 is 11.0 Å². The highest BCUT2D eigenvalue weighted by Crippen LogP contribution is 2.21. The molecule has 0 spiro atoms. The van der Waals surface area contributed by atoms with Crippen molar-refractivity contribution in [1.29, 1.82) is 0 Å². The van der Waals surface area contributed by atoms with Gasteiger partial charge in [-0.05, 0) is 17.7 Å². The van der Waals surface area contributed by atoms with Gasteiger partial charge in [0, 0.05) is 0 Å². The number of H-pyrrole nitrogens is 1. The summed E-state index contributed by atoms with van der Waals surface area (Å²) in [7, 11) is 0. The van der Waals surface area contributed by atoms with Gasteiger partial charge < -0.3 is 10.1 Å². The molecule has 1 heterocycles. The highest BCUT2D eigenvalue weighted by Gasteiger charge is 2.26. The lowest BCUT2D eigenvalue weighted by molar-refractivity contribution is 0.0466. The number of rotatable bonds is 3. The first-order chi connectivity index (χ1) is 8.52. The maximum Gasteiger partial charge on any atom is 0.275 e. The quantitative estimate of drug-likeness (QED) is 0.880. The lowest BCUT2D eigenvalue weighted by Gasteiger charge is -2.07. The predicted molar refractivity (Wildman–Crippen MR) is 58.1 cm³/mol. The molecular formula is C11H9F3N2O2. The van der Waals surface area contributed by atoms with Crippen LogP contribution in [0.1, 0.15) is 17.4 Å². The molecule has 1 atom stereocenters. The molecule has 7 heteroatoms. The number of halogens is 3. The van der Waals surface area contributed by atoms with Crippen LogP contribution in [-0.2, 0) is 6.61 Å². The number of aromatic amines is 1. The zero-order chi connectivity index (χ0) is 13.3. The summed E-state index contributed by atoms with van der Waals surface area (Å²) in [4.78, 5) is 17.3. The van der Waals surface area contributed by atoms with E-state index < -0.39 is 23.9 Å². The van der Waals surface area contributed by atoms with Crippen LogP contribution in [0.5, 0.6) is 0 Å². The van der Waals surface area contributed by atoms with E-state index in [-0.39, 0.29) is 17.6 Å². The van der Waals surface area contributed by atoms with Crippen LogP contribution in [0.4, 0.5) is 13.2 Å². The number of nitrogens with zero attached hydrogens (tertiary/aromatic N) is 1. The molecule has 2 rings (SSSR count). The molecule has 0 amide bonds. The fraction of sp³-hybridized carbons (Fsp3) is 0.273. The van der Waals surface area contributed by atoms with Gasteiger partial charge in [-0.3, -0.25) is 4.79 Å². The van der Waals surface area contributed by atoms with E-state index in [1.165, 1.54) is 18.2 Å². The number of nitrogens with one attached hydrogen (secondary N) is 1. The summed E-state index contributed by atoms with van der Waals surface area (Å²) >= 11 is 0. The molecule has 0 aliphatic carbocycles. The van der Waals surface area contributed by atoms with Crippen molar-refractivity contribution in [3.63, 3.8) is 0 Å². The highest BCUT2D eigenvalue weighted by atomic mass is 19.3. The molecule has 2 N–H and O–H groups in total. The second kappa shape index (κ2) is 4.77. The Morgan fingerprint density at radius 3 is 2.67 bits per heavy atom. The van der Waals surface area contributed by atoms with Crippen molar-refractivity contribution in [2.45, 2.75) is 19.2 Å². The number of alkyl halides is 3. The fourth-order valence-electron chi connectivity index (χ4n) is 1.55. The maximum absolute atomic E-state index is 13.1. The molecular weight excluding hydrogens is 249 g/mol. The molecule has 1 aromatic heterocycles. The predicted octanol–water partition coefficient (Wildman–Crippen LogP) is 1.69. The first-order valence-electron chi connectivity index (χ1n) is 5.09. The second-order valence-electron chi connectivity index (χ2n) is 3.70. The topological polar surface area (TPSA) is 66.0 Å². The minimum absolute atomic E-state index is 0.185. The molecule has 4 nitrogen and oxygen atoms in total. The molecule has 1 unspecified atom stereocenters. The van der Waals surface area contributed by atoms with Gasteiger partial charge in [0.15, 0.2) is 0 Å². The van der Waals surface area contributed by atoms with Crippen molar-refractivity contribution in [2.75, 3.05) is 0 Å². The Labute approximate surface area is 99.1 Å². The van der Waals surface area contributed by atoms with Crippen LogP contribution in [0.15, 0.2) is 23.0 Å².